The van der Waals surface area contributed by atoms with E-state index in [1.165, 1.54) is 14.2 Å². The molecule has 4 N–H and O–H groups in total. The molecule has 296 valence electrons. The highest BCUT2D eigenvalue weighted by atomic mass is 16.5. The molecule has 0 radical (unpaired) electrons. The van der Waals surface area contributed by atoms with Gasteiger partial charge in [0.05, 0.1) is 50.1 Å². The molecule has 7 rings (SSSR count). The number of carbonyl (C=O) groups is 4. The largest absolute Gasteiger partial charge is 0.453 e. The second kappa shape index (κ2) is 16.2. The number of fused-ring (bicyclic) bond motifs is 2. The maximum absolute atomic E-state index is 13.9. The van der Waals surface area contributed by atoms with Crippen molar-refractivity contribution in [2.24, 2.45) is 17.8 Å². The van der Waals surface area contributed by atoms with Crippen molar-refractivity contribution in [1.82, 2.24) is 40.4 Å². The Morgan fingerprint density at radius 3 is 1.73 bits per heavy atom. The second-order valence-corrected chi connectivity index (χ2v) is 15.8. The predicted molar refractivity (Wildman–Crippen MR) is 210 cm³/mol. The molecule has 4 amide bonds. The third-order valence-electron chi connectivity index (χ3n) is 11.7. The first kappa shape index (κ1) is 38.6. The number of aromatic nitrogens is 4. The predicted octanol–water partition coefficient (Wildman–Crippen LogP) is 6.61. The molecule has 2 aromatic carbocycles. The monoisotopic (exact) mass is 764 g/mol. The summed E-state index contributed by atoms with van der Waals surface area (Å²) in [5.74, 6) is 1.37. The molecule has 2 bridgehead atoms. The Balaban J connectivity index is 1.02. The van der Waals surface area contributed by atoms with E-state index >= 15 is 0 Å². The van der Waals surface area contributed by atoms with Crippen LogP contribution < -0.4 is 10.6 Å². The van der Waals surface area contributed by atoms with Gasteiger partial charge in [-0.3, -0.25) is 9.59 Å². The van der Waals surface area contributed by atoms with Crippen molar-refractivity contribution in [3.63, 3.8) is 0 Å². The van der Waals surface area contributed by atoms with Crippen LogP contribution in [0, 0.1) is 17.8 Å². The summed E-state index contributed by atoms with van der Waals surface area (Å²) in [7, 11) is 2.59. The van der Waals surface area contributed by atoms with Crippen molar-refractivity contribution in [3.05, 3.63) is 72.6 Å². The van der Waals surface area contributed by atoms with Gasteiger partial charge in [-0.2, -0.15) is 0 Å². The lowest BCUT2D eigenvalue weighted by molar-refractivity contribution is -0.139. The Morgan fingerprint density at radius 1 is 0.696 bits per heavy atom. The van der Waals surface area contributed by atoms with Gasteiger partial charge in [0.25, 0.3) is 0 Å². The number of carbonyl (C=O) groups excluding carboxylic acids is 4. The summed E-state index contributed by atoms with van der Waals surface area (Å²) in [6.07, 6.45) is 6.96. The van der Waals surface area contributed by atoms with Gasteiger partial charge in [0.2, 0.25) is 11.8 Å². The third-order valence-corrected chi connectivity index (χ3v) is 11.7. The van der Waals surface area contributed by atoms with E-state index in [0.717, 1.165) is 77.4 Å². The molecule has 2 saturated heterocycles. The van der Waals surface area contributed by atoms with Gasteiger partial charge in [-0.15, -0.1) is 0 Å². The fourth-order valence-electron chi connectivity index (χ4n) is 8.68. The number of hydrogen-bond donors (Lipinski definition) is 4. The number of nitrogens with zero attached hydrogens (tertiary/aromatic N) is 4. The topological polar surface area (TPSA) is 175 Å². The lowest BCUT2D eigenvalue weighted by Crippen LogP contribution is -2.54. The van der Waals surface area contributed by atoms with E-state index in [4.69, 9.17) is 14.5 Å². The van der Waals surface area contributed by atoms with Gasteiger partial charge in [-0.05, 0) is 72.1 Å². The molecule has 56 heavy (non-hydrogen) atoms. The normalized spacial score (nSPS) is 21.4. The molecule has 4 aromatic rings. The highest BCUT2D eigenvalue weighted by Gasteiger charge is 2.51. The average Bonchev–Trinajstić information content (AvgIpc) is 4.06. The summed E-state index contributed by atoms with van der Waals surface area (Å²) in [5, 5.41) is 5.45. The number of methoxy groups -OCH3 is 2. The maximum atomic E-state index is 13.9. The van der Waals surface area contributed by atoms with Crippen LogP contribution >= 0.6 is 0 Å². The summed E-state index contributed by atoms with van der Waals surface area (Å²) in [6, 6.07) is 15.0. The number of aromatic amines is 2. The van der Waals surface area contributed by atoms with Gasteiger partial charge in [0.15, 0.2) is 0 Å². The number of nitrogens with one attached hydrogen (secondary N) is 4. The Kier molecular flexibility index (Phi) is 11.2. The van der Waals surface area contributed by atoms with Gasteiger partial charge in [-0.1, -0.05) is 76.2 Å². The van der Waals surface area contributed by atoms with Gasteiger partial charge >= 0.3 is 12.2 Å². The van der Waals surface area contributed by atoms with Crippen molar-refractivity contribution in [2.75, 3.05) is 20.8 Å². The van der Waals surface area contributed by atoms with Crippen molar-refractivity contribution in [1.29, 1.82) is 0 Å². The fraction of sp³-hybridized carbons (Fsp3) is 0.476. The van der Waals surface area contributed by atoms with E-state index in [2.05, 4.69) is 74.1 Å². The number of alkyl carbamates (subject to hydrolysis) is 2. The van der Waals surface area contributed by atoms with E-state index in [9.17, 15) is 19.2 Å². The summed E-state index contributed by atoms with van der Waals surface area (Å²) in [4.78, 5) is 71.7. The lowest BCUT2D eigenvalue weighted by Gasteiger charge is -2.37. The van der Waals surface area contributed by atoms with Gasteiger partial charge in [-0.25, -0.2) is 19.6 Å². The van der Waals surface area contributed by atoms with Gasteiger partial charge in [0, 0.05) is 12.6 Å². The number of hydrogen-bond acceptors (Lipinski definition) is 8. The number of imidazole rings is 2. The van der Waals surface area contributed by atoms with Crippen LogP contribution in [0.25, 0.3) is 33.6 Å². The molecular weight excluding hydrogens is 713 g/mol. The second-order valence-electron chi connectivity index (χ2n) is 15.8. The van der Waals surface area contributed by atoms with Crippen molar-refractivity contribution < 1.29 is 28.7 Å². The van der Waals surface area contributed by atoms with Gasteiger partial charge in [0.1, 0.15) is 23.7 Å². The molecule has 2 aromatic heterocycles. The Morgan fingerprint density at radius 2 is 1.20 bits per heavy atom. The quantitative estimate of drug-likeness (QED) is 0.132. The highest BCUT2D eigenvalue weighted by Crippen LogP contribution is 2.50. The Hall–Kier alpha value is -5.66. The number of likely N-dealkylation sites (tertiary alicyclic amines) is 2. The Labute approximate surface area is 327 Å². The number of ether oxygens (including phenoxy) is 2. The number of amides is 4. The third kappa shape index (κ3) is 7.61. The molecule has 3 fully saturated rings. The van der Waals surface area contributed by atoms with Crippen LogP contribution in [0.4, 0.5) is 9.59 Å². The summed E-state index contributed by atoms with van der Waals surface area (Å²) in [6.45, 7) is 8.25. The molecule has 2 aliphatic heterocycles. The van der Waals surface area contributed by atoms with E-state index in [0.29, 0.717) is 12.5 Å². The van der Waals surface area contributed by atoms with E-state index in [1.54, 1.807) is 6.20 Å². The van der Waals surface area contributed by atoms with Crippen LogP contribution in [0.5, 0.6) is 0 Å². The molecule has 14 nitrogen and oxygen atoms in total. The molecule has 1 aliphatic carbocycles. The van der Waals surface area contributed by atoms with Crippen LogP contribution in [0.15, 0.2) is 60.9 Å². The smallest absolute Gasteiger partial charge is 0.407 e. The van der Waals surface area contributed by atoms with E-state index in [-0.39, 0.29) is 41.8 Å². The molecular formula is C42H52N8O6. The van der Waals surface area contributed by atoms with Crippen LogP contribution in [0.1, 0.15) is 83.5 Å². The van der Waals surface area contributed by atoms with Gasteiger partial charge < -0.3 is 39.9 Å². The molecule has 6 unspecified atom stereocenters. The fourth-order valence-corrected chi connectivity index (χ4v) is 8.68. The average molecular weight is 765 g/mol. The molecule has 4 heterocycles. The summed E-state index contributed by atoms with van der Waals surface area (Å²) >= 11 is 0. The minimum absolute atomic E-state index is 0.0949. The highest BCUT2D eigenvalue weighted by molar-refractivity contribution is 5.87. The summed E-state index contributed by atoms with van der Waals surface area (Å²) < 4.78 is 9.57. The Bertz CT molecular complexity index is 2040. The van der Waals surface area contributed by atoms with Crippen LogP contribution in [0.2, 0.25) is 0 Å². The van der Waals surface area contributed by atoms with E-state index < -0.39 is 24.3 Å². The first-order chi connectivity index (χ1) is 27.0. The van der Waals surface area contributed by atoms with Crippen LogP contribution in [0.3, 0.4) is 0 Å². The zero-order valence-electron chi connectivity index (χ0n) is 32.9. The standard InChI is InChI=1S/C42H52N8O6/c1-23(2)34(47-41(53)55-5)39(51)49-19-7-8-33(49)37-43-21-31(45-37)27-13-9-25(10-14-27)26-11-15-28(16-12-26)32-22-44-38(46-32)36-29-17-18-30(20-29)50(36)40(52)35(24(3)4)48-42(54)56-6/h9-16,21-24,29-30,33-36H,7-8,17-20H2,1-6H3,(H,43,45)(H,44,46)(H,47,53)(H,48,54). The molecule has 1 saturated carbocycles. The number of benzene rings is 2. The first-order valence-corrected chi connectivity index (χ1v) is 19.6. The van der Waals surface area contributed by atoms with Crippen molar-refractivity contribution >= 4 is 24.0 Å². The van der Waals surface area contributed by atoms with E-state index in [1.807, 2.05) is 43.7 Å². The SMILES string of the molecule is COC(=O)NC(C(=O)N1CCCC1c1ncc(-c2ccc(-c3ccc(-c4cnc(C5C6CCC(C6)N5C(=O)C(NC(=O)OC)C(C)C)[nH]4)cc3)cc2)[nH]1)C(C)C. The number of piperidine rings is 1. The molecule has 3 aliphatic rings. The first-order valence-electron chi connectivity index (χ1n) is 19.6. The zero-order valence-corrected chi connectivity index (χ0v) is 32.9. The number of H-pyrrole nitrogens is 2. The molecule has 6 atom stereocenters. The minimum Gasteiger partial charge on any atom is -0.453 e. The maximum Gasteiger partial charge on any atom is 0.407 e. The zero-order chi connectivity index (χ0) is 39.7. The van der Waals surface area contributed by atoms with Crippen molar-refractivity contribution in [3.8, 4) is 33.6 Å². The lowest BCUT2D eigenvalue weighted by atomic mass is 9.95. The van der Waals surface area contributed by atoms with Crippen LogP contribution in [-0.4, -0.2) is 92.6 Å². The molecule has 0 spiro atoms. The minimum atomic E-state index is -0.687. The van der Waals surface area contributed by atoms with Crippen LogP contribution in [-0.2, 0) is 19.1 Å². The molecule has 14 heteroatoms. The van der Waals surface area contributed by atoms with Crippen molar-refractivity contribution in [2.45, 2.75) is 90.0 Å². The number of rotatable bonds is 11. The summed E-state index contributed by atoms with van der Waals surface area (Å²) in [5.41, 5.74) is 5.83.